The van der Waals surface area contributed by atoms with Crippen molar-refractivity contribution in [2.75, 3.05) is 23.3 Å². The van der Waals surface area contributed by atoms with Crippen LogP contribution in [0, 0.1) is 0 Å². The average molecular weight is 260 g/mol. The van der Waals surface area contributed by atoms with Gasteiger partial charge in [-0.15, -0.1) is 0 Å². The third-order valence-corrected chi connectivity index (χ3v) is 4.24. The first-order valence-electron chi connectivity index (χ1n) is 7.90. The molecule has 0 radical (unpaired) electrons. The summed E-state index contributed by atoms with van der Waals surface area (Å²) in [6, 6.07) is 7.41. The Balaban J connectivity index is 2.29. The molecule has 1 aromatic rings. The number of aryl methyl sites for hydroxylation is 1. The van der Waals surface area contributed by atoms with Crippen LogP contribution in [0.2, 0.25) is 0 Å². The summed E-state index contributed by atoms with van der Waals surface area (Å²) in [5, 5.41) is 3.63. The molecule has 1 heterocycles. The SMILES string of the molecule is CCCCN(c1cccc2c1NCCC2)C(C)CC. The van der Waals surface area contributed by atoms with Gasteiger partial charge in [-0.2, -0.15) is 0 Å². The zero-order valence-electron chi connectivity index (χ0n) is 12.7. The molecule has 0 saturated carbocycles. The number of nitrogens with one attached hydrogen (secondary N) is 1. The third-order valence-electron chi connectivity index (χ3n) is 4.24. The maximum Gasteiger partial charge on any atom is 0.0610 e. The fourth-order valence-electron chi connectivity index (χ4n) is 2.86. The predicted octanol–water partition coefficient (Wildman–Crippen LogP) is 4.45. The maximum absolute atomic E-state index is 3.63. The maximum atomic E-state index is 3.63. The quantitative estimate of drug-likeness (QED) is 0.813. The number of hydrogen-bond acceptors (Lipinski definition) is 2. The number of benzene rings is 1. The molecule has 2 rings (SSSR count). The second-order valence-corrected chi connectivity index (χ2v) is 5.65. The van der Waals surface area contributed by atoms with Crippen molar-refractivity contribution in [2.45, 2.75) is 58.9 Å². The van der Waals surface area contributed by atoms with E-state index in [1.165, 1.54) is 55.6 Å². The first kappa shape index (κ1) is 14.2. The molecule has 2 nitrogen and oxygen atoms in total. The molecule has 19 heavy (non-hydrogen) atoms. The Labute approximate surface area is 118 Å². The van der Waals surface area contributed by atoms with E-state index in [2.05, 4.69) is 49.2 Å². The number of anilines is 2. The van der Waals surface area contributed by atoms with Gasteiger partial charge in [-0.05, 0) is 44.2 Å². The summed E-state index contributed by atoms with van der Waals surface area (Å²) >= 11 is 0. The molecule has 1 aliphatic rings. The van der Waals surface area contributed by atoms with E-state index in [-0.39, 0.29) is 0 Å². The highest BCUT2D eigenvalue weighted by Crippen LogP contribution is 2.34. The van der Waals surface area contributed by atoms with Crippen molar-refractivity contribution >= 4 is 11.4 Å². The van der Waals surface area contributed by atoms with Crippen LogP contribution in [0.1, 0.15) is 52.0 Å². The molecule has 2 heteroatoms. The molecule has 0 spiro atoms. The Hall–Kier alpha value is -1.18. The number of nitrogens with zero attached hydrogens (tertiary/aromatic N) is 1. The van der Waals surface area contributed by atoms with Gasteiger partial charge < -0.3 is 10.2 Å². The van der Waals surface area contributed by atoms with Crippen LogP contribution in [0.25, 0.3) is 0 Å². The van der Waals surface area contributed by atoms with Crippen molar-refractivity contribution in [1.29, 1.82) is 0 Å². The number of unbranched alkanes of at least 4 members (excludes halogenated alkanes) is 1. The Kier molecular flexibility index (Phi) is 5.12. The van der Waals surface area contributed by atoms with Gasteiger partial charge in [0.05, 0.1) is 11.4 Å². The van der Waals surface area contributed by atoms with Gasteiger partial charge in [-0.1, -0.05) is 32.4 Å². The summed E-state index contributed by atoms with van der Waals surface area (Å²) in [7, 11) is 0. The monoisotopic (exact) mass is 260 g/mol. The lowest BCUT2D eigenvalue weighted by atomic mass is 10.0. The first-order valence-corrected chi connectivity index (χ1v) is 7.90. The fraction of sp³-hybridized carbons (Fsp3) is 0.647. The molecular weight excluding hydrogens is 232 g/mol. The second-order valence-electron chi connectivity index (χ2n) is 5.65. The molecule has 1 unspecified atom stereocenters. The number of rotatable bonds is 6. The highest BCUT2D eigenvalue weighted by molar-refractivity contribution is 5.74. The summed E-state index contributed by atoms with van der Waals surface area (Å²) in [6.07, 6.45) is 6.21. The van der Waals surface area contributed by atoms with Crippen molar-refractivity contribution < 1.29 is 0 Å². The van der Waals surface area contributed by atoms with E-state index in [4.69, 9.17) is 0 Å². The van der Waals surface area contributed by atoms with Crippen molar-refractivity contribution in [1.82, 2.24) is 0 Å². The van der Waals surface area contributed by atoms with Crippen LogP contribution in [0.5, 0.6) is 0 Å². The Morgan fingerprint density at radius 3 is 2.89 bits per heavy atom. The molecule has 0 aromatic heterocycles. The van der Waals surface area contributed by atoms with E-state index < -0.39 is 0 Å². The molecule has 1 atom stereocenters. The summed E-state index contributed by atoms with van der Waals surface area (Å²) in [5.74, 6) is 0. The van der Waals surface area contributed by atoms with Crippen LogP contribution >= 0.6 is 0 Å². The Bertz CT molecular complexity index is 400. The molecule has 1 N–H and O–H groups in total. The van der Waals surface area contributed by atoms with E-state index in [1.54, 1.807) is 0 Å². The molecule has 0 fully saturated rings. The molecular formula is C17H28N2. The minimum Gasteiger partial charge on any atom is -0.383 e. The molecule has 0 amide bonds. The predicted molar refractivity (Wildman–Crippen MR) is 85.3 cm³/mol. The van der Waals surface area contributed by atoms with Crippen LogP contribution in [-0.4, -0.2) is 19.1 Å². The molecule has 0 saturated heterocycles. The Morgan fingerprint density at radius 2 is 2.16 bits per heavy atom. The van der Waals surface area contributed by atoms with Gasteiger partial charge in [-0.3, -0.25) is 0 Å². The average Bonchev–Trinajstić information content (AvgIpc) is 2.47. The molecule has 1 aliphatic heterocycles. The molecule has 0 aliphatic carbocycles. The normalized spacial score (nSPS) is 15.5. The van der Waals surface area contributed by atoms with Crippen molar-refractivity contribution in [3.63, 3.8) is 0 Å². The lowest BCUT2D eigenvalue weighted by Gasteiger charge is -2.34. The molecule has 106 valence electrons. The summed E-state index contributed by atoms with van der Waals surface area (Å²) < 4.78 is 0. The summed E-state index contributed by atoms with van der Waals surface area (Å²) in [5.41, 5.74) is 4.30. The van der Waals surface area contributed by atoms with E-state index in [1.807, 2.05) is 0 Å². The fourth-order valence-corrected chi connectivity index (χ4v) is 2.86. The van der Waals surface area contributed by atoms with Crippen LogP contribution in [0.15, 0.2) is 18.2 Å². The molecule has 1 aromatic carbocycles. The van der Waals surface area contributed by atoms with Crippen LogP contribution in [-0.2, 0) is 6.42 Å². The Morgan fingerprint density at radius 1 is 1.32 bits per heavy atom. The van der Waals surface area contributed by atoms with Gasteiger partial charge in [0.2, 0.25) is 0 Å². The van der Waals surface area contributed by atoms with Gasteiger partial charge >= 0.3 is 0 Å². The van der Waals surface area contributed by atoms with Gasteiger partial charge in [0.25, 0.3) is 0 Å². The standard InChI is InChI=1S/C17H28N2/c1-4-6-13-19(14(3)5-2)16-11-7-9-15-10-8-12-18-17(15)16/h7,9,11,14,18H,4-6,8,10,12-13H2,1-3H3. The van der Waals surface area contributed by atoms with Gasteiger partial charge in [0.15, 0.2) is 0 Å². The highest BCUT2D eigenvalue weighted by atomic mass is 15.2. The topological polar surface area (TPSA) is 15.3 Å². The first-order chi connectivity index (χ1) is 9.27. The van der Waals surface area contributed by atoms with E-state index in [0.717, 1.165) is 6.54 Å². The zero-order valence-corrected chi connectivity index (χ0v) is 12.7. The van der Waals surface area contributed by atoms with Crippen LogP contribution in [0.3, 0.4) is 0 Å². The van der Waals surface area contributed by atoms with Gasteiger partial charge in [0, 0.05) is 19.1 Å². The lowest BCUT2D eigenvalue weighted by Crippen LogP contribution is -2.34. The number of para-hydroxylation sites is 1. The summed E-state index contributed by atoms with van der Waals surface area (Å²) in [6.45, 7) is 9.19. The van der Waals surface area contributed by atoms with Crippen LogP contribution in [0.4, 0.5) is 11.4 Å². The second kappa shape index (κ2) is 6.83. The highest BCUT2D eigenvalue weighted by Gasteiger charge is 2.19. The smallest absolute Gasteiger partial charge is 0.0610 e. The van der Waals surface area contributed by atoms with E-state index in [0.29, 0.717) is 6.04 Å². The van der Waals surface area contributed by atoms with Gasteiger partial charge in [-0.25, -0.2) is 0 Å². The molecule has 0 bridgehead atoms. The number of fused-ring (bicyclic) bond motifs is 1. The lowest BCUT2D eigenvalue weighted by molar-refractivity contribution is 0.595. The van der Waals surface area contributed by atoms with E-state index in [9.17, 15) is 0 Å². The minimum absolute atomic E-state index is 0.613. The van der Waals surface area contributed by atoms with Crippen molar-refractivity contribution in [3.8, 4) is 0 Å². The van der Waals surface area contributed by atoms with Gasteiger partial charge in [0.1, 0.15) is 0 Å². The summed E-state index contributed by atoms with van der Waals surface area (Å²) in [4.78, 5) is 2.60. The minimum atomic E-state index is 0.613. The van der Waals surface area contributed by atoms with Crippen molar-refractivity contribution in [2.24, 2.45) is 0 Å². The van der Waals surface area contributed by atoms with E-state index >= 15 is 0 Å². The van der Waals surface area contributed by atoms with Crippen LogP contribution < -0.4 is 10.2 Å². The zero-order chi connectivity index (χ0) is 13.7. The third kappa shape index (κ3) is 3.23. The van der Waals surface area contributed by atoms with Crippen molar-refractivity contribution in [3.05, 3.63) is 23.8 Å². The number of hydrogen-bond donors (Lipinski definition) is 1. The largest absolute Gasteiger partial charge is 0.383 e.